The predicted octanol–water partition coefficient (Wildman–Crippen LogP) is 5.65. The van der Waals surface area contributed by atoms with E-state index in [1.165, 1.54) is 22.3 Å². The lowest BCUT2D eigenvalue weighted by atomic mass is 9.99. The van der Waals surface area contributed by atoms with Crippen LogP contribution in [0.4, 0.5) is 0 Å². The SMILES string of the molecule is COc1ccc(C=Cc2ccccc2)c(CC(C)NCCc2ccc(OC)c(OC)c2)c1. The van der Waals surface area contributed by atoms with Crippen LogP contribution in [-0.2, 0) is 12.8 Å². The monoisotopic (exact) mass is 431 g/mol. The average Bonchev–Trinajstić information content (AvgIpc) is 2.83. The van der Waals surface area contributed by atoms with Gasteiger partial charge in [-0.05, 0) is 72.8 Å². The van der Waals surface area contributed by atoms with E-state index in [2.05, 4.69) is 66.9 Å². The molecule has 3 rings (SSSR count). The highest BCUT2D eigenvalue weighted by molar-refractivity contribution is 5.71. The molecule has 0 aromatic heterocycles. The van der Waals surface area contributed by atoms with Crippen molar-refractivity contribution in [1.82, 2.24) is 5.32 Å². The molecule has 1 unspecified atom stereocenters. The number of rotatable bonds is 11. The first-order valence-corrected chi connectivity index (χ1v) is 11.0. The van der Waals surface area contributed by atoms with E-state index in [1.807, 2.05) is 24.3 Å². The fraction of sp³-hybridized carbons (Fsp3) is 0.286. The molecule has 0 bridgehead atoms. The van der Waals surface area contributed by atoms with Gasteiger partial charge in [0.15, 0.2) is 11.5 Å². The Bertz CT molecular complexity index is 1010. The first-order valence-electron chi connectivity index (χ1n) is 11.0. The Morgan fingerprint density at radius 2 is 1.59 bits per heavy atom. The molecule has 0 amide bonds. The van der Waals surface area contributed by atoms with Gasteiger partial charge in [0, 0.05) is 6.04 Å². The summed E-state index contributed by atoms with van der Waals surface area (Å²) in [5, 5.41) is 3.65. The maximum atomic E-state index is 5.47. The number of ether oxygens (including phenoxy) is 3. The van der Waals surface area contributed by atoms with Gasteiger partial charge in [0.05, 0.1) is 21.3 Å². The Labute approximate surface area is 191 Å². The van der Waals surface area contributed by atoms with Crippen molar-refractivity contribution in [2.45, 2.75) is 25.8 Å². The summed E-state index contributed by atoms with van der Waals surface area (Å²) >= 11 is 0. The molecule has 0 aliphatic rings. The van der Waals surface area contributed by atoms with Crippen molar-refractivity contribution in [3.63, 3.8) is 0 Å². The van der Waals surface area contributed by atoms with E-state index in [1.54, 1.807) is 21.3 Å². The van der Waals surface area contributed by atoms with E-state index in [-0.39, 0.29) is 0 Å². The molecule has 0 heterocycles. The number of hydrogen-bond donors (Lipinski definition) is 1. The maximum absolute atomic E-state index is 5.47. The molecule has 0 fully saturated rings. The van der Waals surface area contributed by atoms with E-state index < -0.39 is 0 Å². The van der Waals surface area contributed by atoms with Crippen molar-refractivity contribution < 1.29 is 14.2 Å². The molecule has 3 aromatic rings. The molecule has 1 N–H and O–H groups in total. The summed E-state index contributed by atoms with van der Waals surface area (Å²) in [6.07, 6.45) is 6.17. The molecule has 0 aliphatic carbocycles. The summed E-state index contributed by atoms with van der Waals surface area (Å²) < 4.78 is 16.2. The van der Waals surface area contributed by atoms with Gasteiger partial charge in [0.1, 0.15) is 5.75 Å². The number of methoxy groups -OCH3 is 3. The van der Waals surface area contributed by atoms with E-state index in [0.717, 1.165) is 36.6 Å². The molecule has 4 nitrogen and oxygen atoms in total. The van der Waals surface area contributed by atoms with Crippen molar-refractivity contribution in [3.8, 4) is 17.2 Å². The van der Waals surface area contributed by atoms with Gasteiger partial charge in [-0.15, -0.1) is 0 Å². The van der Waals surface area contributed by atoms with E-state index in [4.69, 9.17) is 14.2 Å². The fourth-order valence-electron chi connectivity index (χ4n) is 3.70. The van der Waals surface area contributed by atoms with E-state index in [0.29, 0.717) is 6.04 Å². The highest BCUT2D eigenvalue weighted by Crippen LogP contribution is 2.27. The van der Waals surface area contributed by atoms with Gasteiger partial charge >= 0.3 is 0 Å². The van der Waals surface area contributed by atoms with Gasteiger partial charge in [-0.2, -0.15) is 0 Å². The van der Waals surface area contributed by atoms with Crippen molar-refractivity contribution in [3.05, 3.63) is 89.0 Å². The molecular formula is C28H33NO3. The van der Waals surface area contributed by atoms with E-state index in [9.17, 15) is 0 Å². The highest BCUT2D eigenvalue weighted by atomic mass is 16.5. The van der Waals surface area contributed by atoms with Gasteiger partial charge in [-0.1, -0.05) is 54.6 Å². The van der Waals surface area contributed by atoms with E-state index >= 15 is 0 Å². The molecule has 1 atom stereocenters. The minimum absolute atomic E-state index is 0.325. The summed E-state index contributed by atoms with van der Waals surface area (Å²) in [5.74, 6) is 2.41. The van der Waals surface area contributed by atoms with Crippen LogP contribution in [-0.4, -0.2) is 33.9 Å². The molecule has 0 aliphatic heterocycles. The van der Waals surface area contributed by atoms with Crippen LogP contribution in [0.15, 0.2) is 66.7 Å². The average molecular weight is 432 g/mol. The second kappa shape index (κ2) is 12.0. The topological polar surface area (TPSA) is 39.7 Å². The quantitative estimate of drug-likeness (QED) is 0.399. The summed E-state index contributed by atoms with van der Waals surface area (Å²) in [5.41, 5.74) is 4.89. The molecule has 0 spiro atoms. The molecule has 3 aromatic carbocycles. The zero-order valence-electron chi connectivity index (χ0n) is 19.4. The molecule has 32 heavy (non-hydrogen) atoms. The van der Waals surface area contributed by atoms with Crippen LogP contribution in [0.1, 0.15) is 29.2 Å². The smallest absolute Gasteiger partial charge is 0.160 e. The lowest BCUT2D eigenvalue weighted by Gasteiger charge is -2.17. The zero-order chi connectivity index (χ0) is 22.8. The van der Waals surface area contributed by atoms with Gasteiger partial charge in [0.25, 0.3) is 0 Å². The Morgan fingerprint density at radius 3 is 2.31 bits per heavy atom. The van der Waals surface area contributed by atoms with Crippen LogP contribution in [0.2, 0.25) is 0 Å². The van der Waals surface area contributed by atoms with Crippen LogP contribution in [0, 0.1) is 0 Å². The zero-order valence-corrected chi connectivity index (χ0v) is 19.4. The first-order chi connectivity index (χ1) is 15.6. The summed E-state index contributed by atoms with van der Waals surface area (Å²) in [6.45, 7) is 3.11. The van der Waals surface area contributed by atoms with Gasteiger partial charge in [-0.3, -0.25) is 0 Å². The molecule has 0 saturated carbocycles. The standard InChI is InChI=1S/C28H33NO3/c1-21(29-17-16-23-11-15-27(31-3)28(19-23)32-4)18-25-20-26(30-2)14-13-24(25)12-10-22-8-6-5-7-9-22/h5-15,19-21,29H,16-18H2,1-4H3. The third-order valence-electron chi connectivity index (χ3n) is 5.49. The van der Waals surface area contributed by atoms with Crippen LogP contribution in [0.3, 0.4) is 0 Å². The fourth-order valence-corrected chi connectivity index (χ4v) is 3.70. The normalized spacial score (nSPS) is 12.0. The van der Waals surface area contributed by atoms with Gasteiger partial charge < -0.3 is 19.5 Å². The van der Waals surface area contributed by atoms with Crippen molar-refractivity contribution >= 4 is 12.2 Å². The number of hydrogen-bond acceptors (Lipinski definition) is 4. The van der Waals surface area contributed by atoms with Crippen LogP contribution >= 0.6 is 0 Å². The van der Waals surface area contributed by atoms with Crippen molar-refractivity contribution in [2.24, 2.45) is 0 Å². The lowest BCUT2D eigenvalue weighted by molar-refractivity contribution is 0.354. The minimum Gasteiger partial charge on any atom is -0.497 e. The van der Waals surface area contributed by atoms with Crippen LogP contribution in [0.5, 0.6) is 17.2 Å². The Hall–Kier alpha value is -3.24. The number of nitrogens with one attached hydrogen (secondary N) is 1. The van der Waals surface area contributed by atoms with Crippen LogP contribution < -0.4 is 19.5 Å². The Kier molecular flexibility index (Phi) is 8.76. The van der Waals surface area contributed by atoms with Gasteiger partial charge in [-0.25, -0.2) is 0 Å². The third kappa shape index (κ3) is 6.63. The van der Waals surface area contributed by atoms with Gasteiger partial charge in [0.2, 0.25) is 0 Å². The summed E-state index contributed by atoms with van der Waals surface area (Å²) in [6, 6.07) is 23.1. The predicted molar refractivity (Wildman–Crippen MR) is 133 cm³/mol. The Morgan fingerprint density at radius 1 is 0.812 bits per heavy atom. The Balaban J connectivity index is 1.62. The van der Waals surface area contributed by atoms with Crippen molar-refractivity contribution in [2.75, 3.05) is 27.9 Å². The summed E-state index contributed by atoms with van der Waals surface area (Å²) in [7, 11) is 5.03. The molecule has 0 saturated heterocycles. The number of benzene rings is 3. The van der Waals surface area contributed by atoms with Crippen LogP contribution in [0.25, 0.3) is 12.2 Å². The largest absolute Gasteiger partial charge is 0.497 e. The molecule has 4 heteroatoms. The minimum atomic E-state index is 0.325. The second-order valence-electron chi connectivity index (χ2n) is 7.81. The first kappa shape index (κ1) is 23.4. The second-order valence-corrected chi connectivity index (χ2v) is 7.81. The lowest BCUT2D eigenvalue weighted by Crippen LogP contribution is -2.30. The third-order valence-corrected chi connectivity index (χ3v) is 5.49. The summed E-state index contributed by atoms with van der Waals surface area (Å²) in [4.78, 5) is 0. The molecule has 168 valence electrons. The van der Waals surface area contributed by atoms with Crippen molar-refractivity contribution in [1.29, 1.82) is 0 Å². The highest BCUT2D eigenvalue weighted by Gasteiger charge is 2.09. The molecular weight excluding hydrogens is 398 g/mol. The molecule has 0 radical (unpaired) electrons. The maximum Gasteiger partial charge on any atom is 0.160 e.